The SMILES string of the molecule is CCOc1cc([C@@H]2NC(=O)NC(C)=C2C(=O)OC)ccc1OC[C@H](O)N/N=C\c1ccccc1OCc1ccc(Cl)c(Cl)c1. The molecule has 11 nitrogen and oxygen atoms in total. The van der Waals surface area contributed by atoms with Crippen molar-refractivity contribution >= 4 is 41.4 Å². The van der Waals surface area contributed by atoms with E-state index in [0.29, 0.717) is 50.7 Å². The van der Waals surface area contributed by atoms with Crippen LogP contribution in [0.1, 0.15) is 36.6 Å². The van der Waals surface area contributed by atoms with Crippen LogP contribution in [0.2, 0.25) is 10.0 Å². The molecule has 1 aliphatic heterocycles. The van der Waals surface area contributed by atoms with Crippen LogP contribution in [-0.4, -0.2) is 49.9 Å². The molecule has 4 rings (SSSR count). The molecule has 0 spiro atoms. The van der Waals surface area contributed by atoms with Crippen LogP contribution in [0.3, 0.4) is 0 Å². The van der Waals surface area contributed by atoms with Crippen LogP contribution in [0, 0.1) is 0 Å². The van der Waals surface area contributed by atoms with Crippen LogP contribution in [0.25, 0.3) is 0 Å². The van der Waals surface area contributed by atoms with Crippen LogP contribution < -0.4 is 30.3 Å². The molecule has 0 fully saturated rings. The zero-order valence-electron chi connectivity index (χ0n) is 24.2. The topological polar surface area (TPSA) is 140 Å². The van der Waals surface area contributed by atoms with Crippen molar-refractivity contribution in [3.63, 3.8) is 0 Å². The molecule has 1 aliphatic rings. The number of urea groups is 1. The molecule has 0 bridgehead atoms. The highest BCUT2D eigenvalue weighted by Gasteiger charge is 2.32. The molecule has 1 heterocycles. The number of allylic oxidation sites excluding steroid dienone is 1. The van der Waals surface area contributed by atoms with Crippen molar-refractivity contribution in [3.05, 3.63) is 98.7 Å². The second-order valence-electron chi connectivity index (χ2n) is 9.49. The van der Waals surface area contributed by atoms with E-state index in [1.54, 1.807) is 43.3 Å². The fourth-order valence-corrected chi connectivity index (χ4v) is 4.64. The molecule has 2 amide bonds. The highest BCUT2D eigenvalue weighted by Crippen LogP contribution is 2.35. The summed E-state index contributed by atoms with van der Waals surface area (Å²) in [5.41, 5.74) is 5.40. The van der Waals surface area contributed by atoms with Gasteiger partial charge in [0.05, 0.1) is 41.6 Å². The number of aliphatic hydroxyl groups is 1. The summed E-state index contributed by atoms with van der Waals surface area (Å²) in [4.78, 5) is 24.6. The van der Waals surface area contributed by atoms with Gasteiger partial charge in [0, 0.05) is 11.3 Å². The van der Waals surface area contributed by atoms with Gasteiger partial charge >= 0.3 is 12.0 Å². The predicted octanol–water partition coefficient (Wildman–Crippen LogP) is 5.09. The van der Waals surface area contributed by atoms with E-state index >= 15 is 0 Å². The molecule has 0 saturated heterocycles. The molecular formula is C31H32Cl2N4O7. The number of nitrogens with zero attached hydrogens (tertiary/aromatic N) is 1. The molecule has 0 radical (unpaired) electrons. The third kappa shape index (κ3) is 8.34. The third-order valence-electron chi connectivity index (χ3n) is 6.40. The lowest BCUT2D eigenvalue weighted by Crippen LogP contribution is -2.45. The van der Waals surface area contributed by atoms with Gasteiger partial charge in [-0.25, -0.2) is 9.59 Å². The van der Waals surface area contributed by atoms with Crippen molar-refractivity contribution < 1.29 is 33.6 Å². The lowest BCUT2D eigenvalue weighted by atomic mass is 9.95. The molecule has 13 heteroatoms. The number of esters is 1. The standard InChI is InChI=1S/C31H32Cl2N4O7/c1-4-42-26-14-20(29-28(30(39)41-3)18(2)35-31(40)36-29)10-12-25(26)44-17-27(38)37-34-15-21-7-5-6-8-24(21)43-16-19-9-11-22(32)23(33)13-19/h5-15,27,29,37-38H,4,16-17H2,1-3H3,(H2,35,36,40)/b34-15-/t27-,29-/m0/s1. The normalized spacial score (nSPS) is 15.3. The number of halogens is 2. The van der Waals surface area contributed by atoms with Crippen molar-refractivity contribution in [2.45, 2.75) is 32.7 Å². The van der Waals surface area contributed by atoms with E-state index in [2.05, 4.69) is 21.2 Å². The number of nitrogens with one attached hydrogen (secondary N) is 3. The van der Waals surface area contributed by atoms with Crippen LogP contribution in [-0.2, 0) is 16.1 Å². The number of hydrogen-bond acceptors (Lipinski definition) is 9. The number of hydrazone groups is 1. The van der Waals surface area contributed by atoms with Crippen LogP contribution in [0.15, 0.2) is 77.0 Å². The minimum atomic E-state index is -1.16. The zero-order valence-corrected chi connectivity index (χ0v) is 25.7. The Morgan fingerprint density at radius 3 is 2.59 bits per heavy atom. The van der Waals surface area contributed by atoms with Crippen LogP contribution in [0.5, 0.6) is 17.2 Å². The highest BCUT2D eigenvalue weighted by atomic mass is 35.5. The Balaban J connectivity index is 1.38. The van der Waals surface area contributed by atoms with Gasteiger partial charge in [-0.15, -0.1) is 0 Å². The van der Waals surface area contributed by atoms with Crippen LogP contribution >= 0.6 is 23.2 Å². The molecule has 44 heavy (non-hydrogen) atoms. The summed E-state index contributed by atoms with van der Waals surface area (Å²) in [7, 11) is 1.27. The van der Waals surface area contributed by atoms with Crippen molar-refractivity contribution in [3.8, 4) is 17.2 Å². The molecule has 4 N–H and O–H groups in total. The van der Waals surface area contributed by atoms with E-state index in [4.69, 9.17) is 42.1 Å². The molecule has 232 valence electrons. The summed E-state index contributed by atoms with van der Waals surface area (Å²) in [6, 6.07) is 16.4. The smallest absolute Gasteiger partial charge is 0.337 e. The first-order valence-electron chi connectivity index (χ1n) is 13.6. The second kappa shape index (κ2) is 15.3. The molecule has 0 aromatic heterocycles. The average molecular weight is 644 g/mol. The van der Waals surface area contributed by atoms with Gasteiger partial charge in [0.25, 0.3) is 0 Å². The summed E-state index contributed by atoms with van der Waals surface area (Å²) in [5, 5.41) is 20.8. The van der Waals surface area contributed by atoms with Gasteiger partial charge in [-0.3, -0.25) is 5.43 Å². The fraction of sp³-hybridized carbons (Fsp3) is 0.258. The number of methoxy groups -OCH3 is 1. The van der Waals surface area contributed by atoms with Gasteiger partial charge in [0.1, 0.15) is 19.0 Å². The number of aliphatic hydroxyl groups excluding tert-OH is 1. The number of carbonyl (C=O) groups excluding carboxylic acids is 2. The molecule has 2 atom stereocenters. The van der Waals surface area contributed by atoms with Gasteiger partial charge in [-0.2, -0.15) is 5.10 Å². The van der Waals surface area contributed by atoms with Crippen LogP contribution in [0.4, 0.5) is 4.79 Å². The number of benzene rings is 3. The first kappa shape index (κ1) is 32.5. The molecule has 0 aliphatic carbocycles. The van der Waals surface area contributed by atoms with E-state index < -0.39 is 24.3 Å². The Bertz CT molecular complexity index is 1560. The number of ether oxygens (including phenoxy) is 4. The molecule has 3 aromatic carbocycles. The first-order valence-corrected chi connectivity index (χ1v) is 14.3. The maximum atomic E-state index is 12.4. The highest BCUT2D eigenvalue weighted by molar-refractivity contribution is 6.42. The molecular weight excluding hydrogens is 611 g/mol. The van der Waals surface area contributed by atoms with Crippen molar-refractivity contribution in [2.75, 3.05) is 20.3 Å². The predicted molar refractivity (Wildman–Crippen MR) is 166 cm³/mol. The average Bonchev–Trinajstić information content (AvgIpc) is 3.01. The maximum absolute atomic E-state index is 12.4. The number of carbonyl (C=O) groups is 2. The van der Waals surface area contributed by atoms with Gasteiger partial charge < -0.3 is 34.7 Å². The Morgan fingerprint density at radius 2 is 1.84 bits per heavy atom. The first-order chi connectivity index (χ1) is 21.2. The van der Waals surface area contributed by atoms with E-state index in [-0.39, 0.29) is 18.8 Å². The number of amides is 2. The molecule has 0 saturated carbocycles. The van der Waals surface area contributed by atoms with Crippen molar-refractivity contribution in [1.29, 1.82) is 0 Å². The summed E-state index contributed by atoms with van der Waals surface area (Å²) in [5.74, 6) is 0.723. The van der Waals surface area contributed by atoms with E-state index in [9.17, 15) is 14.7 Å². The lowest BCUT2D eigenvalue weighted by Gasteiger charge is -2.28. The fourth-order valence-electron chi connectivity index (χ4n) is 4.32. The molecule has 3 aromatic rings. The Labute approximate surface area is 264 Å². The Hall–Kier alpha value is -4.45. The minimum Gasteiger partial charge on any atom is -0.490 e. The van der Waals surface area contributed by atoms with Gasteiger partial charge in [-0.05, 0) is 61.4 Å². The summed E-state index contributed by atoms with van der Waals surface area (Å²) in [6.07, 6.45) is 0.361. The lowest BCUT2D eigenvalue weighted by molar-refractivity contribution is -0.136. The summed E-state index contributed by atoms with van der Waals surface area (Å²) < 4.78 is 22.4. The third-order valence-corrected chi connectivity index (χ3v) is 7.14. The quantitative estimate of drug-likeness (QED) is 0.0875. The minimum absolute atomic E-state index is 0.164. The number of para-hydroxylation sites is 1. The van der Waals surface area contributed by atoms with Crippen molar-refractivity contribution in [1.82, 2.24) is 16.1 Å². The van der Waals surface area contributed by atoms with Gasteiger partial charge in [0.2, 0.25) is 0 Å². The zero-order chi connectivity index (χ0) is 31.6. The largest absolute Gasteiger partial charge is 0.490 e. The van der Waals surface area contributed by atoms with E-state index in [1.165, 1.54) is 13.3 Å². The number of rotatable bonds is 13. The summed E-state index contributed by atoms with van der Waals surface area (Å²) in [6.45, 7) is 3.87. The van der Waals surface area contributed by atoms with E-state index in [1.807, 2.05) is 31.2 Å². The molecule has 0 unspecified atom stereocenters. The van der Waals surface area contributed by atoms with E-state index in [0.717, 1.165) is 5.56 Å². The Morgan fingerprint density at radius 1 is 1.05 bits per heavy atom. The number of hydrogen-bond donors (Lipinski definition) is 4. The van der Waals surface area contributed by atoms with Gasteiger partial charge in [0.15, 0.2) is 17.7 Å². The van der Waals surface area contributed by atoms with Gasteiger partial charge in [-0.1, -0.05) is 47.5 Å². The summed E-state index contributed by atoms with van der Waals surface area (Å²) >= 11 is 12.1. The second-order valence-corrected chi connectivity index (χ2v) is 10.3. The van der Waals surface area contributed by atoms with Crippen molar-refractivity contribution in [2.24, 2.45) is 5.10 Å². The maximum Gasteiger partial charge on any atom is 0.337 e. The monoisotopic (exact) mass is 642 g/mol. The Kier molecular flexibility index (Phi) is 11.3.